The predicted octanol–water partition coefficient (Wildman–Crippen LogP) is 4.33. The second kappa shape index (κ2) is 8.31. The fourth-order valence-electron chi connectivity index (χ4n) is 3.64. The molecule has 7 heteroatoms. The number of ketones is 1. The molecule has 156 valence electrons. The standard InChI is InChI=1S/C24H22N4O3/c1-15(29)16-6-8-18(9-7-16)26-21-5-3-2-4-20(21)23(30)27-19-10-11-22-17(14-19)12-13-28(22)24(25)31/h2-11,14,26H,12-13H2,1H3,(H2,25,31)(H,27,30). The Morgan fingerprint density at radius 2 is 1.65 bits per heavy atom. The monoisotopic (exact) mass is 414 g/mol. The number of urea groups is 1. The summed E-state index contributed by atoms with van der Waals surface area (Å²) < 4.78 is 0. The van der Waals surface area contributed by atoms with Crippen molar-refractivity contribution in [2.45, 2.75) is 13.3 Å². The van der Waals surface area contributed by atoms with Crippen molar-refractivity contribution in [2.75, 3.05) is 22.1 Å². The van der Waals surface area contributed by atoms with Crippen LogP contribution in [0.2, 0.25) is 0 Å². The number of amides is 3. The van der Waals surface area contributed by atoms with Crippen molar-refractivity contribution in [1.82, 2.24) is 0 Å². The Hall–Kier alpha value is -4.13. The normalized spacial score (nSPS) is 12.2. The number of carbonyl (C=O) groups is 3. The first-order valence-corrected chi connectivity index (χ1v) is 9.90. The number of hydrogen-bond acceptors (Lipinski definition) is 4. The maximum atomic E-state index is 13.0. The minimum absolute atomic E-state index is 0.000348. The van der Waals surface area contributed by atoms with E-state index in [4.69, 9.17) is 5.73 Å². The molecule has 0 aromatic heterocycles. The molecule has 0 spiro atoms. The van der Waals surface area contributed by atoms with Crippen LogP contribution in [0.25, 0.3) is 0 Å². The Kier molecular flexibility index (Phi) is 5.41. The van der Waals surface area contributed by atoms with E-state index >= 15 is 0 Å². The van der Waals surface area contributed by atoms with Crippen LogP contribution < -0.4 is 21.3 Å². The Morgan fingerprint density at radius 3 is 2.35 bits per heavy atom. The molecule has 1 aliphatic heterocycles. The summed E-state index contributed by atoms with van der Waals surface area (Å²) in [5.41, 5.74) is 10.3. The van der Waals surface area contributed by atoms with E-state index in [1.807, 2.05) is 18.2 Å². The molecule has 0 unspecified atom stereocenters. The number of carbonyl (C=O) groups excluding carboxylic acids is 3. The highest BCUT2D eigenvalue weighted by atomic mass is 16.2. The number of nitrogens with one attached hydrogen (secondary N) is 2. The van der Waals surface area contributed by atoms with Crippen molar-refractivity contribution in [3.63, 3.8) is 0 Å². The van der Waals surface area contributed by atoms with Crippen molar-refractivity contribution in [3.05, 3.63) is 83.4 Å². The minimum Gasteiger partial charge on any atom is -0.355 e. The number of rotatable bonds is 5. The van der Waals surface area contributed by atoms with Gasteiger partial charge in [0.05, 0.1) is 11.3 Å². The van der Waals surface area contributed by atoms with Gasteiger partial charge < -0.3 is 16.4 Å². The Bertz CT molecular complexity index is 1170. The van der Waals surface area contributed by atoms with Gasteiger partial charge in [-0.3, -0.25) is 14.5 Å². The highest BCUT2D eigenvalue weighted by Gasteiger charge is 2.23. The van der Waals surface area contributed by atoms with Gasteiger partial charge in [0.15, 0.2) is 5.78 Å². The molecule has 0 aliphatic carbocycles. The number of anilines is 4. The van der Waals surface area contributed by atoms with Gasteiger partial charge in [-0.05, 0) is 73.5 Å². The van der Waals surface area contributed by atoms with E-state index in [2.05, 4.69) is 10.6 Å². The largest absolute Gasteiger partial charge is 0.355 e. The van der Waals surface area contributed by atoms with Crippen LogP contribution in [-0.2, 0) is 6.42 Å². The second-order valence-corrected chi connectivity index (χ2v) is 7.34. The Morgan fingerprint density at radius 1 is 0.935 bits per heavy atom. The molecule has 0 fully saturated rings. The van der Waals surface area contributed by atoms with E-state index in [0.717, 1.165) is 16.9 Å². The highest BCUT2D eigenvalue weighted by molar-refractivity contribution is 6.08. The van der Waals surface area contributed by atoms with Crippen molar-refractivity contribution >= 4 is 40.5 Å². The van der Waals surface area contributed by atoms with Gasteiger partial charge in [-0.1, -0.05) is 12.1 Å². The Labute approximate surface area is 179 Å². The zero-order valence-electron chi connectivity index (χ0n) is 17.0. The smallest absolute Gasteiger partial charge is 0.319 e. The molecule has 0 saturated heterocycles. The molecule has 3 aromatic rings. The highest BCUT2D eigenvalue weighted by Crippen LogP contribution is 2.31. The minimum atomic E-state index is -0.480. The van der Waals surface area contributed by atoms with E-state index in [-0.39, 0.29) is 11.7 Å². The third kappa shape index (κ3) is 4.25. The average molecular weight is 414 g/mol. The molecule has 1 aliphatic rings. The van der Waals surface area contributed by atoms with Crippen molar-refractivity contribution < 1.29 is 14.4 Å². The summed E-state index contributed by atoms with van der Waals surface area (Å²) in [7, 11) is 0. The van der Waals surface area contributed by atoms with Crippen LogP contribution in [0, 0.1) is 0 Å². The van der Waals surface area contributed by atoms with E-state index in [1.165, 1.54) is 11.8 Å². The molecular formula is C24H22N4O3. The summed E-state index contributed by atoms with van der Waals surface area (Å²) in [5, 5.41) is 6.16. The summed E-state index contributed by atoms with van der Waals surface area (Å²) >= 11 is 0. The van der Waals surface area contributed by atoms with Gasteiger partial charge in [0, 0.05) is 29.2 Å². The third-order valence-electron chi connectivity index (χ3n) is 5.24. The average Bonchev–Trinajstić information content (AvgIpc) is 3.18. The van der Waals surface area contributed by atoms with Crippen LogP contribution in [0.5, 0.6) is 0 Å². The molecule has 31 heavy (non-hydrogen) atoms. The van der Waals surface area contributed by atoms with Gasteiger partial charge in [-0.25, -0.2) is 4.79 Å². The van der Waals surface area contributed by atoms with Gasteiger partial charge in [0.25, 0.3) is 5.91 Å². The molecule has 1 heterocycles. The first-order chi connectivity index (χ1) is 14.9. The lowest BCUT2D eigenvalue weighted by Crippen LogP contribution is -2.33. The quantitative estimate of drug-likeness (QED) is 0.541. The fraction of sp³-hybridized carbons (Fsp3) is 0.125. The van der Waals surface area contributed by atoms with Crippen LogP contribution in [0.1, 0.15) is 33.2 Å². The number of fused-ring (bicyclic) bond motifs is 1. The van der Waals surface area contributed by atoms with Gasteiger partial charge in [0.2, 0.25) is 0 Å². The topological polar surface area (TPSA) is 105 Å². The van der Waals surface area contributed by atoms with Crippen LogP contribution in [-0.4, -0.2) is 24.3 Å². The first kappa shape index (κ1) is 20.2. The number of nitrogens with two attached hydrogens (primary N) is 1. The lowest BCUT2D eigenvalue weighted by molar-refractivity contribution is 0.101. The number of nitrogens with zero attached hydrogens (tertiary/aromatic N) is 1. The molecule has 0 bridgehead atoms. The zero-order chi connectivity index (χ0) is 22.0. The molecule has 0 radical (unpaired) electrons. The van der Waals surface area contributed by atoms with Crippen LogP contribution in [0.3, 0.4) is 0 Å². The third-order valence-corrected chi connectivity index (χ3v) is 5.24. The first-order valence-electron chi connectivity index (χ1n) is 9.90. The number of primary amides is 1. The maximum absolute atomic E-state index is 13.0. The van der Waals surface area contributed by atoms with Crippen molar-refractivity contribution in [1.29, 1.82) is 0 Å². The van der Waals surface area contributed by atoms with Gasteiger partial charge >= 0.3 is 6.03 Å². The van der Waals surface area contributed by atoms with E-state index in [1.54, 1.807) is 48.5 Å². The molecular weight excluding hydrogens is 392 g/mol. The van der Waals surface area contributed by atoms with Crippen LogP contribution >= 0.6 is 0 Å². The molecule has 3 aromatic carbocycles. The van der Waals surface area contributed by atoms with Crippen LogP contribution in [0.15, 0.2) is 66.7 Å². The maximum Gasteiger partial charge on any atom is 0.319 e. The molecule has 4 N–H and O–H groups in total. The second-order valence-electron chi connectivity index (χ2n) is 7.34. The predicted molar refractivity (Wildman–Crippen MR) is 121 cm³/mol. The van der Waals surface area contributed by atoms with E-state index in [9.17, 15) is 14.4 Å². The summed E-state index contributed by atoms with van der Waals surface area (Å²) in [5.74, 6) is -0.257. The van der Waals surface area contributed by atoms with Crippen molar-refractivity contribution in [2.24, 2.45) is 5.73 Å². The van der Waals surface area contributed by atoms with E-state index in [0.29, 0.717) is 35.5 Å². The summed E-state index contributed by atoms with van der Waals surface area (Å²) in [6.07, 6.45) is 0.691. The van der Waals surface area contributed by atoms with Gasteiger partial charge in [-0.2, -0.15) is 0 Å². The Balaban J connectivity index is 1.52. The molecule has 0 atom stereocenters. The summed E-state index contributed by atoms with van der Waals surface area (Å²) in [4.78, 5) is 37.4. The van der Waals surface area contributed by atoms with Crippen molar-refractivity contribution in [3.8, 4) is 0 Å². The van der Waals surface area contributed by atoms with E-state index < -0.39 is 6.03 Å². The lowest BCUT2D eigenvalue weighted by Gasteiger charge is -2.15. The molecule has 3 amide bonds. The number of benzene rings is 3. The van der Waals surface area contributed by atoms with Crippen LogP contribution in [0.4, 0.5) is 27.5 Å². The molecule has 0 saturated carbocycles. The summed E-state index contributed by atoms with van der Waals surface area (Å²) in [6.45, 7) is 2.06. The number of hydrogen-bond donors (Lipinski definition) is 3. The summed E-state index contributed by atoms with van der Waals surface area (Å²) in [6, 6.07) is 19.2. The lowest BCUT2D eigenvalue weighted by atomic mass is 10.1. The molecule has 4 rings (SSSR count). The zero-order valence-corrected chi connectivity index (χ0v) is 17.0. The number of para-hydroxylation sites is 1. The fourth-order valence-corrected chi connectivity index (χ4v) is 3.64. The SMILES string of the molecule is CC(=O)c1ccc(Nc2ccccc2C(=O)Nc2ccc3c(c2)CCN3C(N)=O)cc1. The van der Waals surface area contributed by atoms with Gasteiger partial charge in [0.1, 0.15) is 0 Å². The number of Topliss-reactive ketones (excluding diaryl/α,β-unsaturated/α-hetero) is 1. The molecule has 7 nitrogen and oxygen atoms in total. The van der Waals surface area contributed by atoms with Gasteiger partial charge in [-0.15, -0.1) is 0 Å².